The SMILES string of the molecule is Cc1ccc2c(C(=O)N3CCC(N(C)C)C3)cc(-c3cncnc3)nc2c1C. The van der Waals surface area contributed by atoms with Crippen molar-refractivity contribution in [3.63, 3.8) is 0 Å². The van der Waals surface area contributed by atoms with Gasteiger partial charge in [0.1, 0.15) is 6.33 Å². The summed E-state index contributed by atoms with van der Waals surface area (Å²) >= 11 is 0. The van der Waals surface area contributed by atoms with E-state index in [1.165, 1.54) is 6.33 Å². The van der Waals surface area contributed by atoms with Gasteiger partial charge in [0.15, 0.2) is 0 Å². The van der Waals surface area contributed by atoms with Crippen LogP contribution in [0.3, 0.4) is 0 Å². The second-order valence-electron chi connectivity index (χ2n) is 7.74. The van der Waals surface area contributed by atoms with Gasteiger partial charge in [-0.3, -0.25) is 4.79 Å². The number of likely N-dealkylation sites (N-methyl/N-ethyl adjacent to an activating group) is 1. The van der Waals surface area contributed by atoms with Gasteiger partial charge < -0.3 is 9.80 Å². The summed E-state index contributed by atoms with van der Waals surface area (Å²) in [6.07, 6.45) is 5.97. The lowest BCUT2D eigenvalue weighted by atomic mass is 9.99. The second kappa shape index (κ2) is 7.28. The van der Waals surface area contributed by atoms with Gasteiger partial charge in [-0.05, 0) is 51.6 Å². The highest BCUT2D eigenvalue weighted by Gasteiger charge is 2.29. The molecule has 1 aliphatic rings. The van der Waals surface area contributed by atoms with Crippen molar-refractivity contribution in [2.75, 3.05) is 27.2 Å². The molecule has 6 nitrogen and oxygen atoms in total. The molecule has 1 saturated heterocycles. The third-order valence-corrected chi connectivity index (χ3v) is 5.77. The third kappa shape index (κ3) is 3.24. The average molecular weight is 375 g/mol. The molecule has 28 heavy (non-hydrogen) atoms. The number of hydrogen-bond acceptors (Lipinski definition) is 5. The van der Waals surface area contributed by atoms with E-state index in [0.717, 1.165) is 52.8 Å². The highest BCUT2D eigenvalue weighted by molar-refractivity contribution is 6.08. The Hall–Kier alpha value is -2.86. The zero-order valence-corrected chi connectivity index (χ0v) is 16.8. The van der Waals surface area contributed by atoms with Crippen molar-refractivity contribution in [1.82, 2.24) is 24.8 Å². The molecule has 0 spiro atoms. The summed E-state index contributed by atoms with van der Waals surface area (Å²) in [5.74, 6) is 0.0677. The van der Waals surface area contributed by atoms with E-state index < -0.39 is 0 Å². The molecule has 0 saturated carbocycles. The van der Waals surface area contributed by atoms with Crippen LogP contribution in [0.4, 0.5) is 0 Å². The molecule has 0 bridgehead atoms. The van der Waals surface area contributed by atoms with Crippen LogP contribution in [0.25, 0.3) is 22.2 Å². The molecule has 0 radical (unpaired) electrons. The monoisotopic (exact) mass is 375 g/mol. The Morgan fingerprint density at radius 1 is 1.18 bits per heavy atom. The molecule has 1 aliphatic heterocycles. The molecule has 4 rings (SSSR count). The van der Waals surface area contributed by atoms with Gasteiger partial charge in [0.05, 0.1) is 16.8 Å². The Balaban J connectivity index is 1.85. The van der Waals surface area contributed by atoms with E-state index in [1.54, 1.807) is 12.4 Å². The average Bonchev–Trinajstić information content (AvgIpc) is 3.21. The van der Waals surface area contributed by atoms with Crippen LogP contribution in [0.1, 0.15) is 27.9 Å². The normalized spacial score (nSPS) is 16.9. The zero-order chi connectivity index (χ0) is 19.8. The van der Waals surface area contributed by atoms with Crippen molar-refractivity contribution < 1.29 is 4.79 Å². The maximum absolute atomic E-state index is 13.5. The lowest BCUT2D eigenvalue weighted by Crippen LogP contribution is -2.34. The van der Waals surface area contributed by atoms with E-state index in [4.69, 9.17) is 4.98 Å². The van der Waals surface area contributed by atoms with Crippen molar-refractivity contribution in [2.24, 2.45) is 0 Å². The molecule has 1 unspecified atom stereocenters. The minimum absolute atomic E-state index is 0.0677. The molecule has 1 atom stereocenters. The molecule has 1 amide bonds. The molecule has 0 aliphatic carbocycles. The van der Waals surface area contributed by atoms with Gasteiger partial charge in [0, 0.05) is 42.5 Å². The van der Waals surface area contributed by atoms with E-state index in [2.05, 4.69) is 48.9 Å². The summed E-state index contributed by atoms with van der Waals surface area (Å²) in [5, 5.41) is 0.905. The van der Waals surface area contributed by atoms with Crippen LogP contribution in [0.5, 0.6) is 0 Å². The first kappa shape index (κ1) is 18.5. The van der Waals surface area contributed by atoms with E-state index in [1.807, 2.05) is 17.0 Å². The number of amides is 1. The Morgan fingerprint density at radius 2 is 1.93 bits per heavy atom. The van der Waals surface area contributed by atoms with Crippen molar-refractivity contribution in [2.45, 2.75) is 26.3 Å². The molecule has 3 heterocycles. The molecule has 144 valence electrons. The van der Waals surface area contributed by atoms with Gasteiger partial charge in [0.2, 0.25) is 0 Å². The summed E-state index contributed by atoms with van der Waals surface area (Å²) in [6, 6.07) is 6.38. The number of aryl methyl sites for hydroxylation is 2. The summed E-state index contributed by atoms with van der Waals surface area (Å²) in [4.78, 5) is 30.7. The lowest BCUT2D eigenvalue weighted by Gasteiger charge is -2.21. The van der Waals surface area contributed by atoms with Crippen LogP contribution >= 0.6 is 0 Å². The summed E-state index contributed by atoms with van der Waals surface area (Å²) in [7, 11) is 4.14. The van der Waals surface area contributed by atoms with Gasteiger partial charge in [-0.2, -0.15) is 0 Å². The summed E-state index contributed by atoms with van der Waals surface area (Å²) < 4.78 is 0. The number of fused-ring (bicyclic) bond motifs is 1. The first-order chi connectivity index (χ1) is 13.5. The van der Waals surface area contributed by atoms with Gasteiger partial charge in [-0.25, -0.2) is 15.0 Å². The molecular formula is C22H25N5O. The minimum Gasteiger partial charge on any atom is -0.337 e. The lowest BCUT2D eigenvalue weighted by molar-refractivity contribution is 0.0785. The van der Waals surface area contributed by atoms with Crippen molar-refractivity contribution >= 4 is 16.8 Å². The molecule has 1 fully saturated rings. The minimum atomic E-state index is 0.0677. The number of benzene rings is 1. The number of likely N-dealkylation sites (tertiary alicyclic amines) is 1. The maximum Gasteiger partial charge on any atom is 0.254 e. The fourth-order valence-electron chi connectivity index (χ4n) is 3.80. The van der Waals surface area contributed by atoms with Crippen molar-refractivity contribution in [3.8, 4) is 11.3 Å². The topological polar surface area (TPSA) is 62.2 Å². The van der Waals surface area contributed by atoms with Crippen molar-refractivity contribution in [3.05, 3.63) is 53.6 Å². The predicted octanol–water partition coefficient (Wildman–Crippen LogP) is 3.08. The Labute approximate surface area is 165 Å². The van der Waals surface area contributed by atoms with E-state index >= 15 is 0 Å². The van der Waals surface area contributed by atoms with Crippen LogP contribution in [-0.2, 0) is 0 Å². The van der Waals surface area contributed by atoms with E-state index in [-0.39, 0.29) is 5.91 Å². The van der Waals surface area contributed by atoms with Crippen molar-refractivity contribution in [1.29, 1.82) is 0 Å². The fraction of sp³-hybridized carbons (Fsp3) is 0.364. The molecule has 3 aromatic rings. The molecular weight excluding hydrogens is 350 g/mol. The summed E-state index contributed by atoms with van der Waals surface area (Å²) in [6.45, 7) is 5.66. The second-order valence-corrected chi connectivity index (χ2v) is 7.74. The van der Waals surface area contributed by atoms with E-state index in [9.17, 15) is 4.79 Å². The predicted molar refractivity (Wildman–Crippen MR) is 110 cm³/mol. The van der Waals surface area contributed by atoms with Gasteiger partial charge in [-0.15, -0.1) is 0 Å². The maximum atomic E-state index is 13.5. The number of nitrogens with zero attached hydrogens (tertiary/aromatic N) is 5. The van der Waals surface area contributed by atoms with Gasteiger partial charge in [-0.1, -0.05) is 12.1 Å². The number of rotatable bonds is 3. The number of aromatic nitrogens is 3. The van der Waals surface area contributed by atoms with Crippen LogP contribution < -0.4 is 0 Å². The van der Waals surface area contributed by atoms with Crippen LogP contribution in [0.15, 0.2) is 36.9 Å². The Bertz CT molecular complexity index is 1030. The summed E-state index contributed by atoms with van der Waals surface area (Å²) in [5.41, 5.74) is 5.37. The Kier molecular flexibility index (Phi) is 4.81. The first-order valence-corrected chi connectivity index (χ1v) is 9.57. The van der Waals surface area contributed by atoms with Gasteiger partial charge in [0.25, 0.3) is 5.91 Å². The number of carbonyl (C=O) groups is 1. The highest BCUT2D eigenvalue weighted by atomic mass is 16.2. The fourth-order valence-corrected chi connectivity index (χ4v) is 3.80. The van der Waals surface area contributed by atoms with Crippen LogP contribution in [0.2, 0.25) is 0 Å². The number of pyridine rings is 1. The van der Waals surface area contributed by atoms with E-state index in [0.29, 0.717) is 11.6 Å². The van der Waals surface area contributed by atoms with Crippen LogP contribution in [-0.4, -0.2) is 63.9 Å². The first-order valence-electron chi connectivity index (χ1n) is 9.57. The number of hydrogen-bond donors (Lipinski definition) is 0. The molecule has 6 heteroatoms. The number of carbonyl (C=O) groups excluding carboxylic acids is 1. The highest BCUT2D eigenvalue weighted by Crippen LogP contribution is 2.29. The standard InChI is InChI=1S/C22H25N5O/c1-14-5-6-18-19(22(28)27-8-7-17(12-27)26(3)4)9-20(25-21(18)15(14)2)16-10-23-13-24-11-16/h5-6,9-11,13,17H,7-8,12H2,1-4H3. The van der Waals surface area contributed by atoms with Crippen LogP contribution in [0, 0.1) is 13.8 Å². The zero-order valence-electron chi connectivity index (χ0n) is 16.8. The smallest absolute Gasteiger partial charge is 0.254 e. The molecule has 0 N–H and O–H groups in total. The molecule has 1 aromatic carbocycles. The van der Waals surface area contributed by atoms with Gasteiger partial charge >= 0.3 is 0 Å². The largest absolute Gasteiger partial charge is 0.337 e. The Morgan fingerprint density at radius 3 is 2.61 bits per heavy atom. The third-order valence-electron chi connectivity index (χ3n) is 5.77. The molecule has 2 aromatic heterocycles. The quantitative estimate of drug-likeness (QED) is 0.704.